The average molecular weight is 386 g/mol. The van der Waals surface area contributed by atoms with Gasteiger partial charge in [0.25, 0.3) is 10.0 Å². The van der Waals surface area contributed by atoms with Gasteiger partial charge in [0, 0.05) is 36.9 Å². The first-order valence-corrected chi connectivity index (χ1v) is 10.7. The number of nitrogens with two attached hydrogens (primary N) is 1. The quantitative estimate of drug-likeness (QED) is 0.848. The summed E-state index contributed by atoms with van der Waals surface area (Å²) in [5.74, 6) is -0.264. The molecule has 0 amide bonds. The molecule has 2 aromatic rings. The molecule has 1 saturated heterocycles. The van der Waals surface area contributed by atoms with Crippen LogP contribution in [0.2, 0.25) is 0 Å². The Kier molecular flexibility index (Phi) is 4.19. The number of aromatic nitrogens is 2. The lowest BCUT2D eigenvalue weighted by Crippen LogP contribution is -2.47. The van der Waals surface area contributed by atoms with Crippen LogP contribution in [0.5, 0.6) is 0 Å². The highest BCUT2D eigenvalue weighted by molar-refractivity contribution is 7.89. The summed E-state index contributed by atoms with van der Waals surface area (Å²) in [5.41, 5.74) is 7.92. The first kappa shape index (κ1) is 17.1. The maximum absolute atomic E-state index is 13.8. The second kappa shape index (κ2) is 6.13. The molecule has 1 fully saturated rings. The molecule has 0 aliphatic carbocycles. The number of hydrogen-bond acceptors (Lipinski definition) is 7. The standard InChI is InChI=1S/C15H19FN4O3S2/c1-25(21,22)20-6-9-5-19(7-13(9)18-20)10-4-12(17)14(23-8-10)15-11(16)2-3-24-15/h2-3,6,10,12,14H,4-5,7-8,17H2,1H3/t10-,12+,14+/m1/s1. The van der Waals surface area contributed by atoms with Crippen molar-refractivity contribution >= 4 is 21.4 Å². The summed E-state index contributed by atoms with van der Waals surface area (Å²) in [6.07, 6.45) is 2.98. The van der Waals surface area contributed by atoms with Gasteiger partial charge in [-0.2, -0.15) is 9.19 Å². The summed E-state index contributed by atoms with van der Waals surface area (Å²) in [4.78, 5) is 2.74. The first-order valence-electron chi connectivity index (χ1n) is 7.95. The maximum atomic E-state index is 13.8. The van der Waals surface area contributed by atoms with Gasteiger partial charge >= 0.3 is 0 Å². The molecule has 2 aromatic heterocycles. The van der Waals surface area contributed by atoms with Crippen molar-refractivity contribution in [1.82, 2.24) is 14.1 Å². The Hall–Kier alpha value is -1.33. The van der Waals surface area contributed by atoms with Crippen molar-refractivity contribution in [3.8, 4) is 0 Å². The minimum Gasteiger partial charge on any atom is -0.369 e. The molecule has 10 heteroatoms. The SMILES string of the molecule is CS(=O)(=O)n1cc2c(n1)CN([C@H]1CO[C@H](c3sccc3F)[C@@H](N)C1)C2. The predicted octanol–water partition coefficient (Wildman–Crippen LogP) is 1.06. The van der Waals surface area contributed by atoms with Crippen molar-refractivity contribution in [2.24, 2.45) is 5.73 Å². The Morgan fingerprint density at radius 2 is 2.24 bits per heavy atom. The van der Waals surface area contributed by atoms with Crippen LogP contribution in [0.15, 0.2) is 17.6 Å². The number of nitrogens with zero attached hydrogens (tertiary/aromatic N) is 3. The van der Waals surface area contributed by atoms with Crippen molar-refractivity contribution in [2.75, 3.05) is 12.9 Å². The summed E-state index contributed by atoms with van der Waals surface area (Å²) < 4.78 is 43.8. The zero-order chi connectivity index (χ0) is 17.8. The van der Waals surface area contributed by atoms with Crippen LogP contribution in [-0.4, -0.2) is 47.4 Å². The third-order valence-electron chi connectivity index (χ3n) is 4.74. The maximum Gasteiger partial charge on any atom is 0.250 e. The number of fused-ring (bicyclic) bond motifs is 1. The van der Waals surface area contributed by atoms with E-state index in [-0.39, 0.29) is 17.9 Å². The minimum atomic E-state index is -3.36. The van der Waals surface area contributed by atoms with E-state index in [1.807, 2.05) is 0 Å². The molecule has 4 heterocycles. The van der Waals surface area contributed by atoms with Gasteiger partial charge < -0.3 is 10.5 Å². The molecular formula is C15H19FN4O3S2. The smallest absolute Gasteiger partial charge is 0.250 e. The molecule has 0 bridgehead atoms. The Morgan fingerprint density at radius 3 is 2.84 bits per heavy atom. The average Bonchev–Trinajstić information content (AvgIpc) is 3.20. The van der Waals surface area contributed by atoms with Gasteiger partial charge in [-0.1, -0.05) is 0 Å². The lowest BCUT2D eigenvalue weighted by molar-refractivity contribution is -0.0515. The molecular weight excluding hydrogens is 367 g/mol. The first-order chi connectivity index (χ1) is 11.8. The van der Waals surface area contributed by atoms with Gasteiger partial charge in [0.2, 0.25) is 0 Å². The number of thiophene rings is 1. The van der Waals surface area contributed by atoms with E-state index in [0.717, 1.165) is 21.6 Å². The molecule has 2 aliphatic heterocycles. The molecule has 0 aromatic carbocycles. The Bertz CT molecular complexity index is 871. The van der Waals surface area contributed by atoms with E-state index < -0.39 is 16.1 Å². The lowest BCUT2D eigenvalue weighted by Gasteiger charge is -2.38. The van der Waals surface area contributed by atoms with Crippen LogP contribution in [0.3, 0.4) is 0 Å². The number of rotatable bonds is 3. The van der Waals surface area contributed by atoms with E-state index in [1.165, 1.54) is 17.4 Å². The lowest BCUT2D eigenvalue weighted by atomic mass is 9.97. The number of halogens is 1. The van der Waals surface area contributed by atoms with Crippen molar-refractivity contribution < 1.29 is 17.5 Å². The molecule has 0 saturated carbocycles. The number of ether oxygens (including phenoxy) is 1. The molecule has 136 valence electrons. The van der Waals surface area contributed by atoms with Crippen LogP contribution in [0.4, 0.5) is 4.39 Å². The normalized spacial score (nSPS) is 27.6. The molecule has 7 nitrogen and oxygen atoms in total. The Labute approximate surface area is 149 Å². The summed E-state index contributed by atoms with van der Waals surface area (Å²) in [6, 6.07) is 1.26. The monoisotopic (exact) mass is 386 g/mol. The van der Waals surface area contributed by atoms with E-state index in [4.69, 9.17) is 10.5 Å². The van der Waals surface area contributed by atoms with Crippen LogP contribution in [0, 0.1) is 5.82 Å². The predicted molar refractivity (Wildman–Crippen MR) is 91.1 cm³/mol. The summed E-state index contributed by atoms with van der Waals surface area (Å²) in [5, 5.41) is 5.86. The van der Waals surface area contributed by atoms with E-state index >= 15 is 0 Å². The molecule has 3 atom stereocenters. The van der Waals surface area contributed by atoms with Crippen LogP contribution in [-0.2, 0) is 27.8 Å². The van der Waals surface area contributed by atoms with E-state index in [2.05, 4.69) is 10.00 Å². The second-order valence-corrected chi connectivity index (χ2v) is 9.37. The van der Waals surface area contributed by atoms with Gasteiger partial charge in [-0.05, 0) is 17.9 Å². The van der Waals surface area contributed by atoms with Gasteiger partial charge in [0.1, 0.15) is 11.9 Å². The molecule has 25 heavy (non-hydrogen) atoms. The molecule has 2 N–H and O–H groups in total. The third-order valence-corrected chi connectivity index (χ3v) is 6.56. The van der Waals surface area contributed by atoms with E-state index in [1.54, 1.807) is 11.6 Å². The van der Waals surface area contributed by atoms with Crippen LogP contribution >= 0.6 is 11.3 Å². The summed E-state index contributed by atoms with van der Waals surface area (Å²) in [6.45, 7) is 1.65. The third kappa shape index (κ3) is 3.13. The Morgan fingerprint density at radius 1 is 1.44 bits per heavy atom. The van der Waals surface area contributed by atoms with Gasteiger partial charge in [-0.15, -0.1) is 11.3 Å². The van der Waals surface area contributed by atoms with Crippen LogP contribution < -0.4 is 5.73 Å². The van der Waals surface area contributed by atoms with Crippen molar-refractivity contribution in [1.29, 1.82) is 0 Å². The zero-order valence-electron chi connectivity index (χ0n) is 13.6. The highest BCUT2D eigenvalue weighted by Crippen LogP contribution is 2.35. The zero-order valence-corrected chi connectivity index (χ0v) is 15.3. The van der Waals surface area contributed by atoms with Crippen molar-refractivity contribution in [2.45, 2.75) is 37.7 Å². The highest BCUT2D eigenvalue weighted by Gasteiger charge is 2.37. The minimum absolute atomic E-state index is 0.107. The van der Waals surface area contributed by atoms with Gasteiger partial charge in [0.05, 0.1) is 23.4 Å². The summed E-state index contributed by atoms with van der Waals surface area (Å²) in [7, 11) is -3.36. The van der Waals surface area contributed by atoms with E-state index in [9.17, 15) is 12.8 Å². The van der Waals surface area contributed by atoms with Gasteiger partial charge in [-0.25, -0.2) is 12.8 Å². The molecule has 0 spiro atoms. The van der Waals surface area contributed by atoms with E-state index in [0.29, 0.717) is 31.0 Å². The topological polar surface area (TPSA) is 90.5 Å². The van der Waals surface area contributed by atoms with Crippen LogP contribution in [0.25, 0.3) is 0 Å². The van der Waals surface area contributed by atoms with Crippen LogP contribution in [0.1, 0.15) is 28.7 Å². The fourth-order valence-electron chi connectivity index (χ4n) is 3.46. The van der Waals surface area contributed by atoms with Gasteiger partial charge in [0.15, 0.2) is 0 Å². The highest BCUT2D eigenvalue weighted by atomic mass is 32.2. The number of hydrogen-bond donors (Lipinski definition) is 1. The fraction of sp³-hybridized carbons (Fsp3) is 0.533. The Balaban J connectivity index is 1.43. The van der Waals surface area contributed by atoms with Gasteiger partial charge in [-0.3, -0.25) is 4.90 Å². The molecule has 0 unspecified atom stereocenters. The fourth-order valence-corrected chi connectivity index (χ4v) is 4.91. The molecule has 0 radical (unpaired) electrons. The van der Waals surface area contributed by atoms with Crippen molar-refractivity contribution in [3.63, 3.8) is 0 Å². The molecule has 4 rings (SSSR count). The molecule has 2 aliphatic rings. The summed E-state index contributed by atoms with van der Waals surface area (Å²) >= 11 is 1.33. The largest absolute Gasteiger partial charge is 0.369 e. The van der Waals surface area contributed by atoms with Crippen molar-refractivity contribution in [3.05, 3.63) is 39.6 Å². The second-order valence-electron chi connectivity index (χ2n) is 6.58.